The first kappa shape index (κ1) is 15.8. The van der Waals surface area contributed by atoms with Crippen LogP contribution >= 0.6 is 0 Å². The fourth-order valence-corrected chi connectivity index (χ4v) is 4.63. The van der Waals surface area contributed by atoms with Crippen LogP contribution in [0.15, 0.2) is 95.5 Å². The van der Waals surface area contributed by atoms with Gasteiger partial charge in [-0.25, -0.2) is 4.57 Å². The molecule has 0 N–H and O–H groups in total. The summed E-state index contributed by atoms with van der Waals surface area (Å²) in [6, 6.07) is 28.3. The standard InChI is InChI=1S/C30H24NO/c1-19-9-11-22-18-28-26(16-24(22)15-19)25-12-10-20(2)29(30(25)32-28)27-17-23(13-14-31(27)3)21-7-5-4-6-8-21/h4-18H,1-3H3/q+1/i1D3. The van der Waals surface area contributed by atoms with Crippen molar-refractivity contribution in [2.75, 3.05) is 0 Å². The van der Waals surface area contributed by atoms with Crippen LogP contribution in [0.1, 0.15) is 15.2 Å². The van der Waals surface area contributed by atoms with Gasteiger partial charge in [0.05, 0.1) is 5.56 Å². The third-order valence-electron chi connectivity index (χ3n) is 6.32. The summed E-state index contributed by atoms with van der Waals surface area (Å²) < 4.78 is 31.9. The summed E-state index contributed by atoms with van der Waals surface area (Å²) in [6.07, 6.45) is 2.09. The Morgan fingerprint density at radius 2 is 1.66 bits per heavy atom. The van der Waals surface area contributed by atoms with Gasteiger partial charge in [-0.05, 0) is 53.4 Å². The highest BCUT2D eigenvalue weighted by Gasteiger charge is 2.21. The van der Waals surface area contributed by atoms with Gasteiger partial charge in [0.2, 0.25) is 5.69 Å². The molecule has 0 saturated heterocycles. The zero-order valence-corrected chi connectivity index (χ0v) is 18.0. The number of nitrogens with zero attached hydrogens (tertiary/aromatic N) is 1. The third kappa shape index (κ3) is 2.91. The average Bonchev–Trinajstić information content (AvgIpc) is 3.20. The molecule has 0 fully saturated rings. The van der Waals surface area contributed by atoms with E-state index in [1.807, 2.05) is 24.3 Å². The normalized spacial score (nSPS) is 13.4. The number of pyridine rings is 1. The molecular formula is C30H24NO+. The zero-order chi connectivity index (χ0) is 24.3. The maximum atomic E-state index is 7.77. The van der Waals surface area contributed by atoms with Crippen molar-refractivity contribution in [2.24, 2.45) is 7.05 Å². The van der Waals surface area contributed by atoms with Gasteiger partial charge in [-0.15, -0.1) is 0 Å². The number of aryl methyl sites for hydroxylation is 3. The molecule has 4 aromatic carbocycles. The Bertz CT molecular complexity index is 1750. The van der Waals surface area contributed by atoms with E-state index in [0.29, 0.717) is 5.56 Å². The molecular weight excluding hydrogens is 390 g/mol. The number of hydrogen-bond donors (Lipinski definition) is 0. The van der Waals surface area contributed by atoms with Crippen LogP contribution < -0.4 is 4.57 Å². The lowest BCUT2D eigenvalue weighted by molar-refractivity contribution is -0.660. The fraction of sp³-hybridized carbons (Fsp3) is 0.100. The van der Waals surface area contributed by atoms with E-state index in [9.17, 15) is 0 Å². The minimum absolute atomic E-state index is 0.346. The van der Waals surface area contributed by atoms with E-state index in [1.54, 1.807) is 12.1 Å². The molecule has 0 unspecified atom stereocenters. The highest BCUT2D eigenvalue weighted by Crippen LogP contribution is 2.39. The minimum atomic E-state index is -2.13. The van der Waals surface area contributed by atoms with Gasteiger partial charge in [0, 0.05) is 27.0 Å². The summed E-state index contributed by atoms with van der Waals surface area (Å²) in [4.78, 5) is 0. The van der Waals surface area contributed by atoms with Crippen LogP contribution in [0.3, 0.4) is 0 Å². The second kappa shape index (κ2) is 7.06. The van der Waals surface area contributed by atoms with Crippen LogP contribution in [0.5, 0.6) is 0 Å². The molecule has 0 bridgehead atoms. The second-order valence-corrected chi connectivity index (χ2v) is 8.42. The van der Waals surface area contributed by atoms with Crippen LogP contribution in [-0.4, -0.2) is 0 Å². The smallest absolute Gasteiger partial charge is 0.216 e. The van der Waals surface area contributed by atoms with E-state index in [1.165, 1.54) is 5.56 Å². The molecule has 0 aliphatic rings. The van der Waals surface area contributed by atoms with Crippen molar-refractivity contribution in [3.8, 4) is 22.4 Å². The van der Waals surface area contributed by atoms with Gasteiger partial charge in [-0.2, -0.15) is 0 Å². The quantitative estimate of drug-likeness (QED) is 0.266. The Morgan fingerprint density at radius 1 is 0.781 bits per heavy atom. The first-order valence-electron chi connectivity index (χ1n) is 12.3. The number of rotatable bonds is 2. The molecule has 2 aromatic heterocycles. The molecule has 0 spiro atoms. The Balaban J connectivity index is 1.61. The topological polar surface area (TPSA) is 17.0 Å². The number of benzene rings is 4. The molecule has 2 heteroatoms. The van der Waals surface area contributed by atoms with Gasteiger partial charge >= 0.3 is 0 Å². The van der Waals surface area contributed by atoms with E-state index >= 15 is 0 Å². The molecule has 32 heavy (non-hydrogen) atoms. The largest absolute Gasteiger partial charge is 0.455 e. The third-order valence-corrected chi connectivity index (χ3v) is 6.32. The van der Waals surface area contributed by atoms with Crippen LogP contribution in [0, 0.1) is 13.8 Å². The molecule has 0 radical (unpaired) electrons. The SMILES string of the molecule is [2H]C([2H])([2H])c1ccc2cc3oc4c(-c5cc(-c6ccccc6)cc[n+]5C)c(C)ccc4c3cc2c1. The molecule has 0 atom stereocenters. The minimum Gasteiger partial charge on any atom is -0.455 e. The molecule has 2 heterocycles. The summed E-state index contributed by atoms with van der Waals surface area (Å²) >= 11 is 0. The van der Waals surface area contributed by atoms with E-state index in [0.717, 1.165) is 55.1 Å². The van der Waals surface area contributed by atoms with Crippen molar-refractivity contribution in [1.29, 1.82) is 0 Å². The number of fused-ring (bicyclic) bond motifs is 4. The van der Waals surface area contributed by atoms with Crippen molar-refractivity contribution in [1.82, 2.24) is 0 Å². The van der Waals surface area contributed by atoms with E-state index in [2.05, 4.69) is 73.3 Å². The Kier molecular flexibility index (Phi) is 3.49. The maximum Gasteiger partial charge on any atom is 0.216 e. The van der Waals surface area contributed by atoms with Gasteiger partial charge in [-0.3, -0.25) is 0 Å². The van der Waals surface area contributed by atoms with Crippen LogP contribution in [0.25, 0.3) is 55.1 Å². The monoisotopic (exact) mass is 417 g/mol. The predicted molar refractivity (Wildman–Crippen MR) is 133 cm³/mol. The van der Waals surface area contributed by atoms with E-state index in [-0.39, 0.29) is 0 Å². The van der Waals surface area contributed by atoms with Gasteiger partial charge in [0.15, 0.2) is 6.20 Å². The van der Waals surface area contributed by atoms with Crippen molar-refractivity contribution in [2.45, 2.75) is 13.8 Å². The summed E-state index contributed by atoms with van der Waals surface area (Å²) in [7, 11) is 2.05. The molecule has 0 saturated carbocycles. The van der Waals surface area contributed by atoms with Crippen LogP contribution in [0.4, 0.5) is 0 Å². The first-order valence-corrected chi connectivity index (χ1v) is 10.8. The van der Waals surface area contributed by atoms with E-state index in [4.69, 9.17) is 8.53 Å². The van der Waals surface area contributed by atoms with Gasteiger partial charge in [0.1, 0.15) is 18.2 Å². The van der Waals surface area contributed by atoms with Crippen molar-refractivity contribution >= 4 is 32.7 Å². The lowest BCUT2D eigenvalue weighted by Gasteiger charge is -2.08. The predicted octanol–water partition coefficient (Wildman–Crippen LogP) is 7.51. The van der Waals surface area contributed by atoms with Crippen LogP contribution in [-0.2, 0) is 7.05 Å². The summed E-state index contributed by atoms with van der Waals surface area (Å²) in [6.45, 7) is -0.0271. The van der Waals surface area contributed by atoms with Gasteiger partial charge in [-0.1, -0.05) is 66.2 Å². The summed E-state index contributed by atoms with van der Waals surface area (Å²) in [5.74, 6) is 0. The highest BCUT2D eigenvalue weighted by molar-refractivity contribution is 6.13. The maximum absolute atomic E-state index is 7.77. The Hall–Kier alpha value is -3.91. The molecule has 154 valence electrons. The van der Waals surface area contributed by atoms with Crippen molar-refractivity contribution in [3.63, 3.8) is 0 Å². The molecule has 2 nitrogen and oxygen atoms in total. The number of furan rings is 1. The second-order valence-electron chi connectivity index (χ2n) is 8.42. The molecule has 6 aromatic rings. The molecule has 6 rings (SSSR count). The average molecular weight is 418 g/mol. The van der Waals surface area contributed by atoms with Gasteiger partial charge in [0.25, 0.3) is 0 Å². The first-order chi connectivity index (χ1) is 16.8. The van der Waals surface area contributed by atoms with Crippen LogP contribution in [0.2, 0.25) is 0 Å². The lowest BCUT2D eigenvalue weighted by Crippen LogP contribution is -2.30. The number of aromatic nitrogens is 1. The summed E-state index contributed by atoms with van der Waals surface area (Å²) in [5.41, 5.74) is 7.56. The Morgan fingerprint density at radius 3 is 2.50 bits per heavy atom. The fourth-order valence-electron chi connectivity index (χ4n) is 4.63. The summed E-state index contributed by atoms with van der Waals surface area (Å²) in [5, 5.41) is 3.86. The number of hydrogen-bond acceptors (Lipinski definition) is 1. The lowest BCUT2D eigenvalue weighted by atomic mass is 9.97. The molecule has 0 aliphatic heterocycles. The van der Waals surface area contributed by atoms with Gasteiger partial charge < -0.3 is 4.42 Å². The van der Waals surface area contributed by atoms with E-state index < -0.39 is 6.85 Å². The Labute approximate surface area is 191 Å². The molecule has 0 amide bonds. The van der Waals surface area contributed by atoms with Crippen molar-refractivity contribution in [3.05, 3.63) is 102 Å². The zero-order valence-electron chi connectivity index (χ0n) is 21.0. The highest BCUT2D eigenvalue weighted by atomic mass is 16.3. The molecule has 0 aliphatic carbocycles. The van der Waals surface area contributed by atoms with Crippen molar-refractivity contribution < 1.29 is 13.1 Å².